The fraction of sp³-hybridized carbons (Fsp3) is 0.500. The molecule has 0 aliphatic rings. The third-order valence-corrected chi connectivity index (χ3v) is 4.84. The summed E-state index contributed by atoms with van der Waals surface area (Å²) in [6.45, 7) is 9.47. The van der Waals surface area contributed by atoms with Crippen molar-refractivity contribution in [1.82, 2.24) is 4.90 Å². The zero-order valence-corrected chi connectivity index (χ0v) is 15.8. The van der Waals surface area contributed by atoms with Crippen molar-refractivity contribution in [3.8, 4) is 5.75 Å². The van der Waals surface area contributed by atoms with Crippen molar-refractivity contribution in [2.45, 2.75) is 39.8 Å². The van der Waals surface area contributed by atoms with E-state index in [0.29, 0.717) is 19.1 Å². The number of hydrogen-bond acceptors (Lipinski definition) is 4. The zero-order chi connectivity index (χ0) is 17.4. The van der Waals surface area contributed by atoms with Gasteiger partial charge in [0.15, 0.2) is 0 Å². The minimum absolute atomic E-state index is 0.325. The van der Waals surface area contributed by atoms with Gasteiger partial charge in [0.1, 0.15) is 18.5 Å². The van der Waals surface area contributed by atoms with Gasteiger partial charge in [0.2, 0.25) is 0 Å². The molecule has 4 heteroatoms. The van der Waals surface area contributed by atoms with Crippen LogP contribution < -0.4 is 4.74 Å². The van der Waals surface area contributed by atoms with E-state index in [0.717, 1.165) is 25.3 Å². The average Bonchev–Trinajstić information content (AvgIpc) is 2.96. The molecule has 24 heavy (non-hydrogen) atoms. The van der Waals surface area contributed by atoms with Crippen LogP contribution in [0.1, 0.15) is 30.0 Å². The molecule has 0 aliphatic heterocycles. The largest absolute Gasteiger partial charge is 0.491 e. The Morgan fingerprint density at radius 1 is 1.12 bits per heavy atom. The predicted octanol–water partition coefficient (Wildman–Crippen LogP) is 4.34. The van der Waals surface area contributed by atoms with Crippen molar-refractivity contribution in [3.05, 3.63) is 52.2 Å². The molecule has 132 valence electrons. The van der Waals surface area contributed by atoms with Crippen LogP contribution >= 0.6 is 11.3 Å². The van der Waals surface area contributed by atoms with Crippen LogP contribution in [0.25, 0.3) is 0 Å². The molecule has 0 fully saturated rings. The first-order chi connectivity index (χ1) is 11.5. The molecule has 0 saturated heterocycles. The maximum atomic E-state index is 10.4. The molecule has 0 radical (unpaired) electrons. The number of aliphatic hydroxyl groups is 1. The van der Waals surface area contributed by atoms with E-state index in [1.807, 2.05) is 41.7 Å². The van der Waals surface area contributed by atoms with Gasteiger partial charge in [-0.05, 0) is 50.1 Å². The second-order valence-corrected chi connectivity index (χ2v) is 8.08. The van der Waals surface area contributed by atoms with E-state index in [1.165, 1.54) is 9.75 Å². The number of thiophene rings is 1. The Hall–Kier alpha value is -1.36. The van der Waals surface area contributed by atoms with E-state index >= 15 is 0 Å². The van der Waals surface area contributed by atoms with Crippen LogP contribution in [-0.4, -0.2) is 35.8 Å². The van der Waals surface area contributed by atoms with Crippen LogP contribution in [0.4, 0.5) is 0 Å². The Labute approximate surface area is 149 Å². The summed E-state index contributed by atoms with van der Waals surface area (Å²) >= 11 is 1.83. The van der Waals surface area contributed by atoms with Crippen molar-refractivity contribution >= 4 is 11.3 Å². The Morgan fingerprint density at radius 2 is 1.88 bits per heavy atom. The molecule has 0 bridgehead atoms. The summed E-state index contributed by atoms with van der Waals surface area (Å²) in [6, 6.07) is 14.0. The first-order valence-electron chi connectivity index (χ1n) is 8.66. The van der Waals surface area contributed by atoms with E-state index in [-0.39, 0.29) is 0 Å². The Balaban J connectivity index is 1.85. The summed E-state index contributed by atoms with van der Waals surface area (Å²) < 4.78 is 5.67. The molecule has 1 N–H and O–H groups in total. The summed E-state index contributed by atoms with van der Waals surface area (Å²) in [5.74, 6) is 1.47. The highest BCUT2D eigenvalue weighted by Gasteiger charge is 2.14. The maximum Gasteiger partial charge on any atom is 0.119 e. The molecule has 0 spiro atoms. The molecule has 2 rings (SSSR count). The summed E-state index contributed by atoms with van der Waals surface area (Å²) in [7, 11) is 0. The topological polar surface area (TPSA) is 32.7 Å². The van der Waals surface area contributed by atoms with Crippen molar-refractivity contribution in [2.24, 2.45) is 5.92 Å². The van der Waals surface area contributed by atoms with Gasteiger partial charge in [-0.2, -0.15) is 0 Å². The maximum absolute atomic E-state index is 10.4. The fourth-order valence-electron chi connectivity index (χ4n) is 2.53. The third kappa shape index (κ3) is 7.04. The van der Waals surface area contributed by atoms with Gasteiger partial charge in [-0.1, -0.05) is 32.0 Å². The summed E-state index contributed by atoms with van der Waals surface area (Å²) in [4.78, 5) is 5.03. The van der Waals surface area contributed by atoms with Crippen molar-refractivity contribution in [3.63, 3.8) is 0 Å². The minimum Gasteiger partial charge on any atom is -0.491 e. The summed E-state index contributed by atoms with van der Waals surface area (Å²) in [5, 5.41) is 10.4. The summed E-state index contributed by atoms with van der Waals surface area (Å²) in [5.41, 5.74) is 0. The number of aliphatic hydroxyl groups excluding tert-OH is 1. The quantitative estimate of drug-likeness (QED) is 0.694. The van der Waals surface area contributed by atoms with Gasteiger partial charge in [0.25, 0.3) is 0 Å². The number of nitrogens with zero attached hydrogens (tertiary/aromatic N) is 1. The highest BCUT2D eigenvalue weighted by atomic mass is 32.1. The lowest BCUT2D eigenvalue weighted by Crippen LogP contribution is -2.36. The Morgan fingerprint density at radius 3 is 2.50 bits per heavy atom. The molecule has 1 aromatic heterocycles. The van der Waals surface area contributed by atoms with Crippen LogP contribution in [0.2, 0.25) is 0 Å². The molecule has 1 atom stereocenters. The van der Waals surface area contributed by atoms with Crippen molar-refractivity contribution in [1.29, 1.82) is 0 Å². The number of ether oxygens (including phenoxy) is 1. The number of aryl methyl sites for hydroxylation is 1. The average molecular weight is 348 g/mol. The van der Waals surface area contributed by atoms with Gasteiger partial charge < -0.3 is 9.84 Å². The lowest BCUT2D eigenvalue weighted by molar-refractivity contribution is 0.0643. The lowest BCUT2D eigenvalue weighted by atomic mass is 10.1. The molecule has 1 heterocycles. The second-order valence-electron chi connectivity index (χ2n) is 6.71. The van der Waals surface area contributed by atoms with Gasteiger partial charge in [-0.3, -0.25) is 4.90 Å². The zero-order valence-electron chi connectivity index (χ0n) is 14.9. The molecular formula is C20H29NO2S. The van der Waals surface area contributed by atoms with Crippen LogP contribution in [0.3, 0.4) is 0 Å². The normalized spacial score (nSPS) is 12.8. The van der Waals surface area contributed by atoms with Crippen molar-refractivity contribution in [2.75, 3.05) is 19.7 Å². The SMILES string of the molecule is Cc1ccc(CN(CCC(C)C)C[C@H](O)COc2ccccc2)s1. The van der Waals surface area contributed by atoms with E-state index in [1.54, 1.807) is 0 Å². The molecule has 0 unspecified atom stereocenters. The Bertz CT molecular complexity index is 582. The van der Waals surface area contributed by atoms with E-state index in [9.17, 15) is 5.11 Å². The van der Waals surface area contributed by atoms with Gasteiger partial charge in [0, 0.05) is 22.8 Å². The Kier molecular flexibility index (Phi) is 7.76. The molecular weight excluding hydrogens is 318 g/mol. The molecule has 3 nitrogen and oxygen atoms in total. The summed E-state index contributed by atoms with van der Waals surface area (Å²) in [6.07, 6.45) is 0.648. The number of rotatable bonds is 10. The first kappa shape index (κ1) is 19.0. The van der Waals surface area contributed by atoms with Crippen LogP contribution in [0.5, 0.6) is 5.75 Å². The van der Waals surface area contributed by atoms with Crippen LogP contribution in [0, 0.1) is 12.8 Å². The minimum atomic E-state index is -0.488. The van der Waals surface area contributed by atoms with Crippen LogP contribution in [0.15, 0.2) is 42.5 Å². The predicted molar refractivity (Wildman–Crippen MR) is 102 cm³/mol. The first-order valence-corrected chi connectivity index (χ1v) is 9.48. The monoisotopic (exact) mass is 347 g/mol. The second kappa shape index (κ2) is 9.82. The standard InChI is InChI=1S/C20H29NO2S/c1-16(2)11-12-21(14-20-10-9-17(3)24-20)13-18(22)15-23-19-7-5-4-6-8-19/h4-10,16,18,22H,11-15H2,1-3H3/t18-/m0/s1. The highest BCUT2D eigenvalue weighted by molar-refractivity contribution is 7.11. The van der Waals surface area contributed by atoms with Crippen LogP contribution in [-0.2, 0) is 6.54 Å². The molecule has 2 aromatic rings. The van der Waals surface area contributed by atoms with Gasteiger partial charge in [-0.15, -0.1) is 11.3 Å². The van der Waals surface area contributed by atoms with Crippen molar-refractivity contribution < 1.29 is 9.84 Å². The van der Waals surface area contributed by atoms with E-state index in [4.69, 9.17) is 4.74 Å². The highest BCUT2D eigenvalue weighted by Crippen LogP contribution is 2.18. The number of para-hydroxylation sites is 1. The fourth-order valence-corrected chi connectivity index (χ4v) is 3.46. The molecule has 1 aromatic carbocycles. The van der Waals surface area contributed by atoms with E-state index < -0.39 is 6.10 Å². The van der Waals surface area contributed by atoms with Gasteiger partial charge in [-0.25, -0.2) is 0 Å². The number of benzene rings is 1. The number of hydrogen-bond donors (Lipinski definition) is 1. The van der Waals surface area contributed by atoms with E-state index in [2.05, 4.69) is 37.8 Å². The molecule has 0 aliphatic carbocycles. The molecule has 0 saturated carbocycles. The van der Waals surface area contributed by atoms with Gasteiger partial charge in [0.05, 0.1) is 0 Å². The smallest absolute Gasteiger partial charge is 0.119 e. The van der Waals surface area contributed by atoms with Gasteiger partial charge >= 0.3 is 0 Å². The third-order valence-electron chi connectivity index (χ3n) is 3.85. The lowest BCUT2D eigenvalue weighted by Gasteiger charge is -2.25. The molecule has 0 amide bonds.